The first-order valence-electron chi connectivity index (χ1n) is 6.62. The zero-order valence-electron chi connectivity index (χ0n) is 12.0. The topological polar surface area (TPSA) is 30.5 Å². The van der Waals surface area contributed by atoms with Crippen LogP contribution in [0.3, 0.4) is 0 Å². The molecular formula is C16H17BrFNO2. The van der Waals surface area contributed by atoms with E-state index in [1.165, 1.54) is 6.07 Å². The van der Waals surface area contributed by atoms with Gasteiger partial charge >= 0.3 is 0 Å². The van der Waals surface area contributed by atoms with Crippen LogP contribution >= 0.6 is 15.9 Å². The summed E-state index contributed by atoms with van der Waals surface area (Å²) in [6.07, 6.45) is 0. The molecule has 3 nitrogen and oxygen atoms in total. The van der Waals surface area contributed by atoms with E-state index in [0.29, 0.717) is 30.2 Å². The lowest BCUT2D eigenvalue weighted by Gasteiger charge is -2.13. The van der Waals surface area contributed by atoms with Gasteiger partial charge in [-0.3, -0.25) is 0 Å². The second-order valence-corrected chi connectivity index (χ2v) is 5.30. The second kappa shape index (κ2) is 7.31. The third-order valence-corrected chi connectivity index (χ3v) is 3.45. The maximum absolute atomic E-state index is 13.8. The van der Waals surface area contributed by atoms with Gasteiger partial charge in [0.05, 0.1) is 13.7 Å². The molecule has 5 heteroatoms. The molecule has 0 amide bonds. The average molecular weight is 354 g/mol. The lowest BCUT2D eigenvalue weighted by molar-refractivity contribution is 0.311. The molecule has 0 heterocycles. The molecule has 0 unspecified atom stereocenters. The summed E-state index contributed by atoms with van der Waals surface area (Å²) >= 11 is 3.24. The molecule has 0 aromatic heterocycles. The summed E-state index contributed by atoms with van der Waals surface area (Å²) in [4.78, 5) is 0. The number of hydrogen-bond donors (Lipinski definition) is 1. The van der Waals surface area contributed by atoms with E-state index in [4.69, 9.17) is 9.47 Å². The normalized spacial score (nSPS) is 10.3. The van der Waals surface area contributed by atoms with Crippen LogP contribution in [0.1, 0.15) is 12.5 Å². The third kappa shape index (κ3) is 4.11. The number of hydrogen-bond acceptors (Lipinski definition) is 3. The Morgan fingerprint density at radius 3 is 2.62 bits per heavy atom. The van der Waals surface area contributed by atoms with Gasteiger partial charge in [0, 0.05) is 28.3 Å². The van der Waals surface area contributed by atoms with Gasteiger partial charge in [0.15, 0.2) is 11.5 Å². The van der Waals surface area contributed by atoms with E-state index in [0.717, 1.165) is 10.2 Å². The average Bonchev–Trinajstić information content (AvgIpc) is 2.47. The van der Waals surface area contributed by atoms with Crippen molar-refractivity contribution >= 4 is 21.6 Å². The van der Waals surface area contributed by atoms with Crippen molar-refractivity contribution in [3.05, 3.63) is 52.3 Å². The van der Waals surface area contributed by atoms with Crippen molar-refractivity contribution in [1.29, 1.82) is 0 Å². The molecule has 1 N–H and O–H groups in total. The smallest absolute Gasteiger partial charge is 0.163 e. The Labute approximate surface area is 132 Å². The largest absolute Gasteiger partial charge is 0.493 e. The molecule has 2 aromatic rings. The highest BCUT2D eigenvalue weighted by atomic mass is 79.9. The van der Waals surface area contributed by atoms with Crippen molar-refractivity contribution < 1.29 is 13.9 Å². The Bertz CT molecular complexity index is 619. The van der Waals surface area contributed by atoms with E-state index in [1.54, 1.807) is 13.2 Å². The summed E-state index contributed by atoms with van der Waals surface area (Å²) in [6, 6.07) is 10.6. The van der Waals surface area contributed by atoms with Gasteiger partial charge in [-0.2, -0.15) is 0 Å². The number of methoxy groups -OCH3 is 1. The molecule has 0 saturated heterocycles. The van der Waals surface area contributed by atoms with Gasteiger partial charge in [-0.25, -0.2) is 4.39 Å². The molecule has 0 aliphatic rings. The van der Waals surface area contributed by atoms with Crippen LogP contribution in [-0.4, -0.2) is 13.7 Å². The van der Waals surface area contributed by atoms with Crippen molar-refractivity contribution in [2.24, 2.45) is 0 Å². The molecular weight excluding hydrogens is 337 g/mol. The third-order valence-electron chi connectivity index (χ3n) is 2.96. The monoisotopic (exact) mass is 353 g/mol. The first-order chi connectivity index (χ1) is 10.1. The van der Waals surface area contributed by atoms with Crippen LogP contribution in [0.25, 0.3) is 0 Å². The molecule has 0 atom stereocenters. The molecule has 0 aliphatic heterocycles. The molecule has 0 spiro atoms. The van der Waals surface area contributed by atoms with E-state index in [9.17, 15) is 4.39 Å². The molecule has 2 aromatic carbocycles. The highest BCUT2D eigenvalue weighted by molar-refractivity contribution is 9.10. The molecule has 0 aliphatic carbocycles. The Morgan fingerprint density at radius 1 is 1.14 bits per heavy atom. The minimum absolute atomic E-state index is 0.240. The van der Waals surface area contributed by atoms with Crippen molar-refractivity contribution in [2.45, 2.75) is 13.5 Å². The standard InChI is InChI=1S/C16H17BrFNO2/c1-3-21-16-9-13(6-7-15(16)20-2)19-10-11-4-5-12(17)8-14(11)18/h4-9,19H,3,10H2,1-2H3. The highest BCUT2D eigenvalue weighted by Crippen LogP contribution is 2.30. The fourth-order valence-electron chi connectivity index (χ4n) is 1.92. The van der Waals surface area contributed by atoms with Gasteiger partial charge < -0.3 is 14.8 Å². The minimum Gasteiger partial charge on any atom is -0.493 e. The summed E-state index contributed by atoms with van der Waals surface area (Å²) in [5.41, 5.74) is 1.45. The predicted octanol–water partition coefficient (Wildman–Crippen LogP) is 4.61. The van der Waals surface area contributed by atoms with E-state index >= 15 is 0 Å². The molecule has 0 radical (unpaired) electrons. The minimum atomic E-state index is -0.240. The van der Waals surface area contributed by atoms with Gasteiger partial charge in [0.1, 0.15) is 5.82 Å². The zero-order valence-corrected chi connectivity index (χ0v) is 13.5. The lowest BCUT2D eigenvalue weighted by atomic mass is 10.2. The lowest BCUT2D eigenvalue weighted by Crippen LogP contribution is -2.03. The number of anilines is 1. The Morgan fingerprint density at radius 2 is 1.95 bits per heavy atom. The van der Waals surface area contributed by atoms with Crippen LogP contribution < -0.4 is 14.8 Å². The number of benzene rings is 2. The van der Waals surface area contributed by atoms with Gasteiger partial charge in [-0.05, 0) is 31.2 Å². The molecule has 2 rings (SSSR count). The van der Waals surface area contributed by atoms with Crippen molar-refractivity contribution in [3.63, 3.8) is 0 Å². The summed E-state index contributed by atoms with van der Waals surface area (Å²) in [5, 5.41) is 3.18. The Hall–Kier alpha value is -1.75. The maximum atomic E-state index is 13.8. The van der Waals surface area contributed by atoms with E-state index < -0.39 is 0 Å². The summed E-state index contributed by atoms with van der Waals surface area (Å²) < 4.78 is 25.2. The zero-order chi connectivity index (χ0) is 15.2. The number of nitrogens with one attached hydrogen (secondary N) is 1. The van der Waals surface area contributed by atoms with E-state index in [2.05, 4.69) is 21.2 Å². The van der Waals surface area contributed by atoms with Crippen LogP contribution in [0.2, 0.25) is 0 Å². The fraction of sp³-hybridized carbons (Fsp3) is 0.250. The van der Waals surface area contributed by atoms with Crippen molar-refractivity contribution in [2.75, 3.05) is 19.0 Å². The van der Waals surface area contributed by atoms with E-state index in [1.807, 2.05) is 31.2 Å². The number of rotatable bonds is 6. The molecule has 0 fully saturated rings. The van der Waals surface area contributed by atoms with Gasteiger partial charge in [-0.1, -0.05) is 22.0 Å². The summed E-state index contributed by atoms with van der Waals surface area (Å²) in [6.45, 7) is 2.87. The number of halogens is 2. The fourth-order valence-corrected chi connectivity index (χ4v) is 2.25. The molecule has 21 heavy (non-hydrogen) atoms. The first-order valence-corrected chi connectivity index (χ1v) is 7.42. The quantitative estimate of drug-likeness (QED) is 0.822. The Kier molecular flexibility index (Phi) is 5.44. The highest BCUT2D eigenvalue weighted by Gasteiger charge is 2.07. The van der Waals surface area contributed by atoms with E-state index in [-0.39, 0.29) is 5.82 Å². The number of ether oxygens (including phenoxy) is 2. The molecule has 0 bridgehead atoms. The van der Waals surface area contributed by atoms with Crippen LogP contribution in [0.5, 0.6) is 11.5 Å². The summed E-state index contributed by atoms with van der Waals surface area (Å²) in [7, 11) is 1.60. The van der Waals surface area contributed by atoms with Crippen LogP contribution in [0, 0.1) is 5.82 Å². The SMILES string of the molecule is CCOc1cc(NCc2ccc(Br)cc2F)ccc1OC. The molecule has 112 valence electrons. The Balaban J connectivity index is 2.10. The second-order valence-electron chi connectivity index (χ2n) is 4.39. The van der Waals surface area contributed by atoms with Gasteiger partial charge in [0.2, 0.25) is 0 Å². The van der Waals surface area contributed by atoms with Crippen LogP contribution in [0.15, 0.2) is 40.9 Å². The van der Waals surface area contributed by atoms with Crippen LogP contribution in [-0.2, 0) is 6.54 Å². The van der Waals surface area contributed by atoms with Crippen molar-refractivity contribution in [1.82, 2.24) is 0 Å². The van der Waals surface area contributed by atoms with Gasteiger partial charge in [0.25, 0.3) is 0 Å². The summed E-state index contributed by atoms with van der Waals surface area (Å²) in [5.74, 6) is 1.11. The molecule has 0 saturated carbocycles. The van der Waals surface area contributed by atoms with Crippen molar-refractivity contribution in [3.8, 4) is 11.5 Å². The van der Waals surface area contributed by atoms with Gasteiger partial charge in [-0.15, -0.1) is 0 Å². The maximum Gasteiger partial charge on any atom is 0.163 e. The van der Waals surface area contributed by atoms with Crippen LogP contribution in [0.4, 0.5) is 10.1 Å². The first kappa shape index (κ1) is 15.6. The predicted molar refractivity (Wildman–Crippen MR) is 85.6 cm³/mol.